The normalized spacial score (nSPS) is 10.6. The lowest BCUT2D eigenvalue weighted by atomic mass is 10.2. The standard InChI is InChI=1S/C13H12IO.C7H8O3S/c1-15-13-9-5-8-12(10-13)14-11-6-3-2-4-7-11;1-6-2-4-7(5-3-6)11(8,9)10/h2-10H,1H3;2-5H,1H3,(H,8,9,10)/q+1;/p-1. The molecule has 0 aromatic heterocycles. The molecule has 0 fully saturated rings. The molecule has 0 atom stereocenters. The summed E-state index contributed by atoms with van der Waals surface area (Å²) in [6, 6.07) is 24.7. The molecule has 26 heavy (non-hydrogen) atoms. The van der Waals surface area contributed by atoms with Crippen LogP contribution in [0.3, 0.4) is 0 Å². The first kappa shape index (κ1) is 20.4. The lowest BCUT2D eigenvalue weighted by molar-refractivity contribution is -0.597. The van der Waals surface area contributed by atoms with Gasteiger partial charge in [0.1, 0.15) is 15.9 Å². The Morgan fingerprint density at radius 2 is 1.46 bits per heavy atom. The van der Waals surface area contributed by atoms with E-state index in [0.29, 0.717) is 0 Å². The van der Waals surface area contributed by atoms with Gasteiger partial charge >= 0.3 is 21.2 Å². The topological polar surface area (TPSA) is 66.4 Å². The van der Waals surface area contributed by atoms with Crippen LogP contribution in [0.15, 0.2) is 83.8 Å². The second-order valence-electron chi connectivity index (χ2n) is 5.32. The molecule has 0 spiro atoms. The largest absolute Gasteiger partial charge is 0.744 e. The van der Waals surface area contributed by atoms with Crippen molar-refractivity contribution in [2.45, 2.75) is 11.8 Å². The predicted octanol–water partition coefficient (Wildman–Crippen LogP) is 0.723. The first-order chi connectivity index (χ1) is 12.4. The molecular weight excluding hydrogens is 463 g/mol. The SMILES string of the molecule is COc1cccc([I+]c2ccccc2)c1.Cc1ccc(S(=O)(=O)[O-])cc1. The quantitative estimate of drug-likeness (QED) is 0.406. The average molecular weight is 482 g/mol. The van der Waals surface area contributed by atoms with Crippen molar-refractivity contribution in [1.29, 1.82) is 0 Å². The third-order valence-electron chi connectivity index (χ3n) is 3.29. The maximum absolute atomic E-state index is 10.4. The monoisotopic (exact) mass is 482 g/mol. The van der Waals surface area contributed by atoms with Crippen LogP contribution in [0.5, 0.6) is 5.75 Å². The summed E-state index contributed by atoms with van der Waals surface area (Å²) in [7, 11) is -2.56. The summed E-state index contributed by atoms with van der Waals surface area (Å²) in [6.45, 7) is 1.82. The van der Waals surface area contributed by atoms with Gasteiger partial charge in [0, 0.05) is 6.07 Å². The van der Waals surface area contributed by atoms with Crippen LogP contribution in [-0.4, -0.2) is 20.1 Å². The molecule has 4 nitrogen and oxygen atoms in total. The van der Waals surface area contributed by atoms with Crippen molar-refractivity contribution in [2.24, 2.45) is 0 Å². The zero-order valence-electron chi connectivity index (χ0n) is 14.4. The van der Waals surface area contributed by atoms with Crippen molar-refractivity contribution in [3.63, 3.8) is 0 Å². The van der Waals surface area contributed by atoms with Crippen LogP contribution in [0.25, 0.3) is 0 Å². The van der Waals surface area contributed by atoms with E-state index in [9.17, 15) is 13.0 Å². The van der Waals surface area contributed by atoms with Gasteiger partial charge in [-0.15, -0.1) is 0 Å². The van der Waals surface area contributed by atoms with Crippen molar-refractivity contribution in [2.75, 3.05) is 7.11 Å². The molecule has 0 heterocycles. The number of ether oxygens (including phenoxy) is 1. The number of methoxy groups -OCH3 is 1. The molecule has 136 valence electrons. The van der Waals surface area contributed by atoms with Crippen molar-refractivity contribution < 1.29 is 38.9 Å². The van der Waals surface area contributed by atoms with Gasteiger partial charge in [0.15, 0.2) is 7.14 Å². The minimum Gasteiger partial charge on any atom is -0.744 e. The van der Waals surface area contributed by atoms with Crippen LogP contribution in [0.1, 0.15) is 5.56 Å². The molecule has 6 heteroatoms. The summed E-state index contributed by atoms with van der Waals surface area (Å²) in [6.07, 6.45) is 0. The molecule has 3 aromatic carbocycles. The Morgan fingerprint density at radius 1 is 0.846 bits per heavy atom. The average Bonchev–Trinajstić information content (AvgIpc) is 2.63. The van der Waals surface area contributed by atoms with Gasteiger partial charge in [-0.2, -0.15) is 0 Å². The fourth-order valence-corrected chi connectivity index (χ4v) is 4.77. The van der Waals surface area contributed by atoms with E-state index in [4.69, 9.17) is 4.74 Å². The molecule has 0 bridgehead atoms. The molecule has 0 aliphatic heterocycles. The molecule has 0 saturated carbocycles. The Kier molecular flexibility index (Phi) is 7.62. The zero-order chi connectivity index (χ0) is 19.0. The Bertz CT molecular complexity index is 924. The van der Waals surface area contributed by atoms with Gasteiger partial charge in [0.05, 0.1) is 12.0 Å². The fraction of sp³-hybridized carbons (Fsp3) is 0.100. The summed E-state index contributed by atoms with van der Waals surface area (Å²) in [5, 5.41) is 0. The molecule has 0 amide bonds. The molecule has 0 N–H and O–H groups in total. The molecule has 0 saturated heterocycles. The van der Waals surface area contributed by atoms with Crippen molar-refractivity contribution >= 4 is 10.1 Å². The van der Waals surface area contributed by atoms with Crippen LogP contribution < -0.4 is 25.9 Å². The van der Waals surface area contributed by atoms with Gasteiger partial charge in [0.2, 0.25) is 0 Å². The van der Waals surface area contributed by atoms with E-state index < -0.39 is 10.1 Å². The molecule has 0 aliphatic carbocycles. The molecule has 3 aromatic rings. The number of hydrogen-bond donors (Lipinski definition) is 0. The van der Waals surface area contributed by atoms with E-state index in [1.54, 1.807) is 19.2 Å². The summed E-state index contributed by atoms with van der Waals surface area (Å²) in [5.74, 6) is 0.947. The maximum Gasteiger partial charge on any atom is 0.358 e. The zero-order valence-corrected chi connectivity index (χ0v) is 17.4. The molecule has 0 unspecified atom stereocenters. The van der Waals surface area contributed by atoms with E-state index in [1.807, 2.05) is 13.0 Å². The third-order valence-corrected chi connectivity index (χ3v) is 6.78. The summed E-state index contributed by atoms with van der Waals surface area (Å²) >= 11 is -0.0742. The van der Waals surface area contributed by atoms with E-state index in [-0.39, 0.29) is 26.1 Å². The van der Waals surface area contributed by atoms with Crippen LogP contribution in [0.2, 0.25) is 0 Å². The molecule has 0 radical (unpaired) electrons. The summed E-state index contributed by atoms with van der Waals surface area (Å²) < 4.78 is 39.2. The minimum absolute atomic E-state index is 0.0742. The number of rotatable bonds is 4. The highest BCUT2D eigenvalue weighted by atomic mass is 127. The Hall–Kier alpha value is -1.90. The van der Waals surface area contributed by atoms with Crippen molar-refractivity contribution in [3.8, 4) is 5.75 Å². The van der Waals surface area contributed by atoms with Gasteiger partial charge in [-0.05, 0) is 43.3 Å². The third kappa shape index (κ3) is 6.78. The Labute approximate surface area is 164 Å². The highest BCUT2D eigenvalue weighted by Gasteiger charge is 2.14. The first-order valence-electron chi connectivity index (χ1n) is 7.75. The van der Waals surface area contributed by atoms with Gasteiger partial charge in [-0.25, -0.2) is 8.42 Å². The highest BCUT2D eigenvalue weighted by molar-refractivity contribution is 7.85. The minimum atomic E-state index is -4.27. The highest BCUT2D eigenvalue weighted by Crippen LogP contribution is 2.08. The maximum atomic E-state index is 10.4. The van der Waals surface area contributed by atoms with Crippen LogP contribution in [0.4, 0.5) is 0 Å². The fourth-order valence-electron chi connectivity index (χ4n) is 1.96. The van der Waals surface area contributed by atoms with Gasteiger partial charge < -0.3 is 9.29 Å². The first-order valence-corrected chi connectivity index (χ1v) is 11.3. The van der Waals surface area contributed by atoms with E-state index in [1.165, 1.54) is 19.3 Å². The smallest absolute Gasteiger partial charge is 0.358 e. The number of halogens is 1. The number of hydrogen-bond acceptors (Lipinski definition) is 4. The summed E-state index contributed by atoms with van der Waals surface area (Å²) in [4.78, 5) is -0.178. The lowest BCUT2D eigenvalue weighted by Crippen LogP contribution is -3.61. The Morgan fingerprint density at radius 3 is 2.04 bits per heavy atom. The van der Waals surface area contributed by atoms with E-state index in [2.05, 4.69) is 48.5 Å². The lowest BCUT2D eigenvalue weighted by Gasteiger charge is -2.05. The Balaban J connectivity index is 0.000000197. The van der Waals surface area contributed by atoms with Crippen LogP contribution >= 0.6 is 0 Å². The second-order valence-corrected chi connectivity index (χ2v) is 9.73. The molecule has 3 rings (SSSR count). The van der Waals surface area contributed by atoms with Gasteiger partial charge in [-0.3, -0.25) is 0 Å². The van der Waals surface area contributed by atoms with Crippen LogP contribution in [-0.2, 0) is 10.1 Å². The molecule has 0 aliphatic rings. The predicted molar refractivity (Wildman–Crippen MR) is 96.0 cm³/mol. The number of aryl methyl sites for hydroxylation is 1. The van der Waals surface area contributed by atoms with Crippen molar-refractivity contribution in [1.82, 2.24) is 0 Å². The van der Waals surface area contributed by atoms with Crippen molar-refractivity contribution in [3.05, 3.63) is 91.6 Å². The van der Waals surface area contributed by atoms with Crippen LogP contribution in [0, 0.1) is 14.1 Å². The van der Waals surface area contributed by atoms with E-state index in [0.717, 1.165) is 11.3 Å². The summed E-state index contributed by atoms with van der Waals surface area (Å²) in [5.41, 5.74) is 0.928. The van der Waals surface area contributed by atoms with Gasteiger partial charge in [0.25, 0.3) is 0 Å². The van der Waals surface area contributed by atoms with E-state index >= 15 is 0 Å². The second kappa shape index (κ2) is 9.70. The van der Waals surface area contributed by atoms with Gasteiger partial charge in [-0.1, -0.05) is 42.0 Å². The molecular formula is C20H19IO4S. The number of benzene rings is 3.